The van der Waals surface area contributed by atoms with Crippen LogP contribution in [0.1, 0.15) is 18.7 Å². The maximum atomic E-state index is 10.3. The van der Waals surface area contributed by atoms with Gasteiger partial charge in [-0.25, -0.2) is 9.78 Å². The van der Waals surface area contributed by atoms with Crippen LogP contribution in [0.3, 0.4) is 0 Å². The molecule has 5 nitrogen and oxygen atoms in total. The highest BCUT2D eigenvalue weighted by Crippen LogP contribution is 2.10. The second-order valence-corrected chi connectivity index (χ2v) is 3.60. The number of urea groups is 1. The van der Waals surface area contributed by atoms with Crippen LogP contribution in [0.15, 0.2) is 10.9 Å². The van der Waals surface area contributed by atoms with Crippen LogP contribution in [0.2, 0.25) is 0 Å². The first-order chi connectivity index (χ1) is 6.70. The van der Waals surface area contributed by atoms with E-state index in [0.717, 1.165) is 5.69 Å². The molecule has 1 aromatic rings. The zero-order chi connectivity index (χ0) is 10.4. The Morgan fingerprint density at radius 3 is 3.07 bits per heavy atom. The fourth-order valence-electron chi connectivity index (χ4n) is 1.01. The summed E-state index contributed by atoms with van der Waals surface area (Å²) >= 11 is 1.57. The molecule has 0 radical (unpaired) electrons. The number of thiazole rings is 1. The van der Waals surface area contributed by atoms with Crippen LogP contribution in [0, 0.1) is 0 Å². The van der Waals surface area contributed by atoms with Gasteiger partial charge in [0.15, 0.2) is 0 Å². The molecule has 2 amide bonds. The van der Waals surface area contributed by atoms with Gasteiger partial charge in [-0.2, -0.15) is 0 Å². The number of nitrogens with two attached hydrogens (primary N) is 1. The summed E-state index contributed by atoms with van der Waals surface area (Å²) in [5.74, 6) is 0. The van der Waals surface area contributed by atoms with Crippen molar-refractivity contribution in [1.82, 2.24) is 15.6 Å². The molecule has 0 aromatic carbocycles. The Bertz CT molecular complexity index is 275. The van der Waals surface area contributed by atoms with E-state index in [1.807, 2.05) is 12.3 Å². The molecule has 1 aromatic heterocycles. The number of carbonyl (C=O) groups is 1. The lowest BCUT2D eigenvalue weighted by Crippen LogP contribution is -2.36. The van der Waals surface area contributed by atoms with Crippen LogP contribution in [-0.4, -0.2) is 24.1 Å². The van der Waals surface area contributed by atoms with Crippen molar-refractivity contribution in [2.24, 2.45) is 5.73 Å². The van der Waals surface area contributed by atoms with Crippen molar-refractivity contribution in [1.29, 1.82) is 0 Å². The molecule has 1 rings (SSSR count). The predicted octanol–water partition coefficient (Wildman–Crippen LogP) is 0.462. The van der Waals surface area contributed by atoms with Crippen molar-refractivity contribution >= 4 is 17.4 Å². The Morgan fingerprint density at radius 1 is 1.71 bits per heavy atom. The maximum Gasteiger partial charge on any atom is 0.312 e. The van der Waals surface area contributed by atoms with E-state index in [9.17, 15) is 4.79 Å². The summed E-state index contributed by atoms with van der Waals surface area (Å²) in [6.45, 7) is 3.24. The maximum absolute atomic E-state index is 10.3. The molecule has 1 atom stereocenters. The van der Waals surface area contributed by atoms with E-state index in [1.165, 1.54) is 0 Å². The lowest BCUT2D eigenvalue weighted by Gasteiger charge is -2.10. The average molecular weight is 214 g/mol. The minimum Gasteiger partial charge on any atom is -0.352 e. The van der Waals surface area contributed by atoms with Crippen molar-refractivity contribution < 1.29 is 4.79 Å². The molecule has 14 heavy (non-hydrogen) atoms. The van der Waals surface area contributed by atoms with Gasteiger partial charge in [0.1, 0.15) is 0 Å². The van der Waals surface area contributed by atoms with Crippen molar-refractivity contribution in [2.75, 3.05) is 13.1 Å². The molecule has 0 bridgehead atoms. The first-order valence-electron chi connectivity index (χ1n) is 4.35. The number of rotatable bonds is 5. The van der Waals surface area contributed by atoms with E-state index in [-0.39, 0.29) is 6.04 Å². The average Bonchev–Trinajstić information content (AvgIpc) is 2.64. The molecule has 1 heterocycles. The third-order valence-corrected chi connectivity index (χ3v) is 2.37. The van der Waals surface area contributed by atoms with Crippen LogP contribution in [0.5, 0.6) is 0 Å². The van der Waals surface area contributed by atoms with Crippen molar-refractivity contribution in [3.8, 4) is 0 Å². The van der Waals surface area contributed by atoms with E-state index in [2.05, 4.69) is 15.6 Å². The van der Waals surface area contributed by atoms with Gasteiger partial charge in [-0.05, 0) is 6.92 Å². The molecular formula is C8H14N4OS. The molecule has 0 aliphatic heterocycles. The van der Waals surface area contributed by atoms with E-state index in [0.29, 0.717) is 13.1 Å². The van der Waals surface area contributed by atoms with E-state index in [1.54, 1.807) is 16.8 Å². The number of primary amides is 1. The van der Waals surface area contributed by atoms with Gasteiger partial charge in [0, 0.05) is 24.5 Å². The number of aromatic nitrogens is 1. The minimum atomic E-state index is -0.492. The second-order valence-electron chi connectivity index (χ2n) is 2.88. The zero-order valence-corrected chi connectivity index (χ0v) is 8.80. The number of nitrogens with zero attached hydrogens (tertiary/aromatic N) is 1. The summed E-state index contributed by atoms with van der Waals surface area (Å²) in [7, 11) is 0. The van der Waals surface area contributed by atoms with Crippen LogP contribution >= 0.6 is 11.3 Å². The summed E-state index contributed by atoms with van der Waals surface area (Å²) < 4.78 is 0. The Kier molecular flexibility index (Phi) is 4.34. The van der Waals surface area contributed by atoms with Crippen molar-refractivity contribution in [3.05, 3.63) is 16.6 Å². The second kappa shape index (κ2) is 5.56. The van der Waals surface area contributed by atoms with Gasteiger partial charge < -0.3 is 16.4 Å². The Labute approximate surface area is 86.7 Å². The molecule has 1 unspecified atom stereocenters. The van der Waals surface area contributed by atoms with Crippen LogP contribution in [0.4, 0.5) is 4.79 Å². The fraction of sp³-hybridized carbons (Fsp3) is 0.500. The summed E-state index contributed by atoms with van der Waals surface area (Å²) in [4.78, 5) is 14.5. The monoisotopic (exact) mass is 214 g/mol. The van der Waals surface area contributed by atoms with Gasteiger partial charge in [-0.3, -0.25) is 0 Å². The highest BCUT2D eigenvalue weighted by atomic mass is 32.1. The standard InChI is InChI=1S/C8H14N4OS/c1-6(7-4-14-5-12-7)10-2-3-11-8(9)13/h4-6,10H,2-3H2,1H3,(H3,9,11,13). The highest BCUT2D eigenvalue weighted by molar-refractivity contribution is 7.07. The third-order valence-electron chi connectivity index (χ3n) is 1.77. The fourth-order valence-corrected chi connectivity index (χ4v) is 1.66. The predicted molar refractivity (Wildman–Crippen MR) is 56.1 cm³/mol. The number of nitrogens with one attached hydrogen (secondary N) is 2. The molecule has 78 valence electrons. The van der Waals surface area contributed by atoms with Gasteiger partial charge in [0.25, 0.3) is 0 Å². The van der Waals surface area contributed by atoms with E-state index in [4.69, 9.17) is 5.73 Å². The van der Waals surface area contributed by atoms with E-state index < -0.39 is 6.03 Å². The van der Waals surface area contributed by atoms with Gasteiger partial charge >= 0.3 is 6.03 Å². The molecule has 6 heteroatoms. The number of hydrogen-bond acceptors (Lipinski definition) is 4. The minimum absolute atomic E-state index is 0.205. The molecule has 0 spiro atoms. The Hall–Kier alpha value is -1.14. The molecule has 0 aliphatic carbocycles. The lowest BCUT2D eigenvalue weighted by atomic mass is 10.2. The third kappa shape index (κ3) is 3.71. The smallest absolute Gasteiger partial charge is 0.312 e. The molecule has 0 fully saturated rings. The lowest BCUT2D eigenvalue weighted by molar-refractivity contribution is 0.249. The topological polar surface area (TPSA) is 80.0 Å². The first kappa shape index (κ1) is 10.9. The van der Waals surface area contributed by atoms with Crippen molar-refractivity contribution in [2.45, 2.75) is 13.0 Å². The summed E-state index contributed by atoms with van der Waals surface area (Å²) in [5, 5.41) is 7.72. The summed E-state index contributed by atoms with van der Waals surface area (Å²) in [5.41, 5.74) is 7.74. The van der Waals surface area contributed by atoms with Gasteiger partial charge in [-0.15, -0.1) is 11.3 Å². The van der Waals surface area contributed by atoms with Crippen LogP contribution < -0.4 is 16.4 Å². The summed E-state index contributed by atoms with van der Waals surface area (Å²) in [6, 6.07) is -0.288. The number of hydrogen-bond donors (Lipinski definition) is 3. The first-order valence-corrected chi connectivity index (χ1v) is 5.29. The number of amides is 2. The van der Waals surface area contributed by atoms with Crippen LogP contribution in [0.25, 0.3) is 0 Å². The molecule has 0 saturated heterocycles. The van der Waals surface area contributed by atoms with Crippen molar-refractivity contribution in [3.63, 3.8) is 0 Å². The summed E-state index contributed by atoms with van der Waals surface area (Å²) in [6.07, 6.45) is 0. The van der Waals surface area contributed by atoms with E-state index >= 15 is 0 Å². The largest absolute Gasteiger partial charge is 0.352 e. The zero-order valence-electron chi connectivity index (χ0n) is 7.99. The van der Waals surface area contributed by atoms with Gasteiger partial charge in [0.05, 0.1) is 11.2 Å². The molecule has 4 N–H and O–H groups in total. The van der Waals surface area contributed by atoms with Crippen LogP contribution in [-0.2, 0) is 0 Å². The SMILES string of the molecule is CC(NCCNC(N)=O)c1cscn1. The molecule has 0 saturated carbocycles. The molecular weight excluding hydrogens is 200 g/mol. The quantitative estimate of drug-likeness (QED) is 0.623. The molecule has 0 aliphatic rings. The van der Waals surface area contributed by atoms with Gasteiger partial charge in [0.2, 0.25) is 0 Å². The Morgan fingerprint density at radius 2 is 2.50 bits per heavy atom. The van der Waals surface area contributed by atoms with Gasteiger partial charge in [-0.1, -0.05) is 0 Å². The number of carbonyl (C=O) groups excluding carboxylic acids is 1. The Balaban J connectivity index is 2.16. The normalized spacial score (nSPS) is 12.4. The highest BCUT2D eigenvalue weighted by Gasteiger charge is 2.05.